The van der Waals surface area contributed by atoms with E-state index < -0.39 is 0 Å². The van der Waals surface area contributed by atoms with Crippen LogP contribution in [-0.4, -0.2) is 25.5 Å². The molecule has 0 unspecified atom stereocenters. The van der Waals surface area contributed by atoms with E-state index in [1.54, 1.807) is 16.9 Å². The lowest BCUT2D eigenvalue weighted by atomic mass is 10.2. The molecule has 2 aromatic heterocycles. The molecule has 1 N–H and O–H groups in total. The van der Waals surface area contributed by atoms with Crippen molar-refractivity contribution in [1.82, 2.24) is 24.9 Å². The fourth-order valence-corrected chi connectivity index (χ4v) is 3.22. The summed E-state index contributed by atoms with van der Waals surface area (Å²) in [7, 11) is 0. The number of carbonyl (C=O) groups excluding carboxylic acids is 1. The second-order valence-electron chi connectivity index (χ2n) is 6.91. The second kappa shape index (κ2) is 8.65. The molecule has 0 bridgehead atoms. The van der Waals surface area contributed by atoms with Gasteiger partial charge in [-0.05, 0) is 44.2 Å². The monoisotopic (exact) mass is 401 g/mol. The van der Waals surface area contributed by atoms with Crippen molar-refractivity contribution in [3.8, 4) is 11.4 Å². The number of amides is 1. The molecule has 0 fully saturated rings. The average Bonchev–Trinajstić information content (AvgIpc) is 3.37. The molecule has 0 saturated carbocycles. The summed E-state index contributed by atoms with van der Waals surface area (Å²) in [6.07, 6.45) is 1.72. The van der Waals surface area contributed by atoms with Crippen molar-refractivity contribution < 1.29 is 9.53 Å². The van der Waals surface area contributed by atoms with E-state index in [4.69, 9.17) is 4.74 Å². The van der Waals surface area contributed by atoms with Gasteiger partial charge in [-0.3, -0.25) is 4.79 Å². The summed E-state index contributed by atoms with van der Waals surface area (Å²) in [6, 6.07) is 21.1. The van der Waals surface area contributed by atoms with Crippen LogP contribution in [0.3, 0.4) is 0 Å². The maximum atomic E-state index is 12.5. The molecule has 0 atom stereocenters. The number of rotatable bonds is 7. The zero-order valence-electron chi connectivity index (χ0n) is 16.9. The van der Waals surface area contributed by atoms with Crippen LogP contribution in [0.4, 0.5) is 0 Å². The van der Waals surface area contributed by atoms with E-state index in [9.17, 15) is 4.79 Å². The zero-order valence-corrected chi connectivity index (χ0v) is 16.9. The van der Waals surface area contributed by atoms with E-state index in [1.807, 2.05) is 79.2 Å². The smallest absolute Gasteiger partial charge is 0.272 e. The molecule has 4 aromatic rings. The van der Waals surface area contributed by atoms with Crippen molar-refractivity contribution in [3.63, 3.8) is 0 Å². The molecular formula is C23H23N5O2. The summed E-state index contributed by atoms with van der Waals surface area (Å²) in [5.74, 6) is 0.514. The summed E-state index contributed by atoms with van der Waals surface area (Å²) in [4.78, 5) is 12.5. The molecule has 4 rings (SSSR count). The first kappa shape index (κ1) is 19.4. The van der Waals surface area contributed by atoms with Crippen LogP contribution in [0.2, 0.25) is 0 Å². The van der Waals surface area contributed by atoms with Crippen molar-refractivity contribution in [1.29, 1.82) is 0 Å². The van der Waals surface area contributed by atoms with E-state index in [0.29, 0.717) is 12.2 Å². The van der Waals surface area contributed by atoms with Gasteiger partial charge in [0.05, 0.1) is 11.4 Å². The number of hydrogen-bond acceptors (Lipinski definition) is 4. The van der Waals surface area contributed by atoms with Gasteiger partial charge in [0.25, 0.3) is 5.91 Å². The Bertz CT molecular complexity index is 1130. The molecule has 2 aromatic carbocycles. The Kier molecular flexibility index (Phi) is 5.61. The third kappa shape index (κ3) is 4.25. The van der Waals surface area contributed by atoms with Gasteiger partial charge in [-0.25, -0.2) is 9.36 Å². The molecule has 2 heterocycles. The molecule has 0 aliphatic carbocycles. The molecule has 7 heteroatoms. The van der Waals surface area contributed by atoms with Crippen molar-refractivity contribution in [2.24, 2.45) is 0 Å². The quantitative estimate of drug-likeness (QED) is 0.513. The van der Waals surface area contributed by atoms with Crippen LogP contribution in [0.15, 0.2) is 72.9 Å². The summed E-state index contributed by atoms with van der Waals surface area (Å²) in [5.41, 5.74) is 4.23. The lowest BCUT2D eigenvalue weighted by Gasteiger charge is -2.07. The van der Waals surface area contributed by atoms with Gasteiger partial charge in [-0.1, -0.05) is 36.4 Å². The van der Waals surface area contributed by atoms with Gasteiger partial charge >= 0.3 is 0 Å². The topological polar surface area (TPSA) is 74.0 Å². The van der Waals surface area contributed by atoms with Crippen molar-refractivity contribution in [2.45, 2.75) is 27.1 Å². The number of nitrogens with zero attached hydrogens (tertiary/aromatic N) is 4. The van der Waals surface area contributed by atoms with Crippen LogP contribution in [0.5, 0.6) is 5.75 Å². The third-order valence-corrected chi connectivity index (χ3v) is 4.85. The van der Waals surface area contributed by atoms with E-state index in [-0.39, 0.29) is 12.6 Å². The standard InChI is InChI=1S/C23H23N5O2/c1-17-21(18(2)28(25-17)19-9-5-3-6-10-19)15-24-23(29)22-13-14-27(26-22)16-30-20-11-7-4-8-12-20/h3-14H,15-16H2,1-2H3,(H,24,29). The van der Waals surface area contributed by atoms with E-state index in [0.717, 1.165) is 28.4 Å². The Morgan fingerprint density at radius 1 is 0.967 bits per heavy atom. The fraction of sp³-hybridized carbons (Fsp3) is 0.174. The SMILES string of the molecule is Cc1nn(-c2ccccc2)c(C)c1CNC(=O)c1ccn(COc2ccccc2)n1. The molecule has 0 saturated heterocycles. The van der Waals surface area contributed by atoms with Crippen LogP contribution < -0.4 is 10.1 Å². The van der Waals surface area contributed by atoms with Crippen LogP contribution >= 0.6 is 0 Å². The van der Waals surface area contributed by atoms with E-state index >= 15 is 0 Å². The molecule has 7 nitrogen and oxygen atoms in total. The van der Waals surface area contributed by atoms with Gasteiger partial charge < -0.3 is 10.1 Å². The highest BCUT2D eigenvalue weighted by molar-refractivity contribution is 5.92. The predicted octanol–water partition coefficient (Wildman–Crippen LogP) is 3.65. The van der Waals surface area contributed by atoms with Crippen LogP contribution in [0.1, 0.15) is 27.4 Å². The minimum atomic E-state index is -0.236. The Hall–Kier alpha value is -3.87. The Morgan fingerprint density at radius 3 is 2.40 bits per heavy atom. The number of aromatic nitrogens is 4. The molecular weight excluding hydrogens is 378 g/mol. The number of para-hydroxylation sites is 2. The lowest BCUT2D eigenvalue weighted by molar-refractivity contribution is 0.0944. The number of ether oxygens (including phenoxy) is 1. The molecule has 0 aliphatic rings. The third-order valence-electron chi connectivity index (χ3n) is 4.85. The second-order valence-corrected chi connectivity index (χ2v) is 6.91. The number of hydrogen-bond donors (Lipinski definition) is 1. The zero-order chi connectivity index (χ0) is 20.9. The minimum absolute atomic E-state index is 0.235. The first-order valence-corrected chi connectivity index (χ1v) is 9.72. The summed E-state index contributed by atoms with van der Waals surface area (Å²) >= 11 is 0. The highest BCUT2D eigenvalue weighted by atomic mass is 16.5. The number of carbonyl (C=O) groups is 1. The lowest BCUT2D eigenvalue weighted by Crippen LogP contribution is -2.24. The Labute approximate surface area is 174 Å². The van der Waals surface area contributed by atoms with Gasteiger partial charge in [0.2, 0.25) is 0 Å². The van der Waals surface area contributed by atoms with Crippen LogP contribution in [0.25, 0.3) is 5.69 Å². The molecule has 0 radical (unpaired) electrons. The van der Waals surface area contributed by atoms with Gasteiger partial charge in [-0.15, -0.1) is 0 Å². The fourth-order valence-electron chi connectivity index (χ4n) is 3.22. The first-order valence-electron chi connectivity index (χ1n) is 9.72. The van der Waals surface area contributed by atoms with Gasteiger partial charge in [0.1, 0.15) is 11.4 Å². The van der Waals surface area contributed by atoms with Crippen molar-refractivity contribution in [2.75, 3.05) is 0 Å². The van der Waals surface area contributed by atoms with Crippen LogP contribution in [-0.2, 0) is 13.3 Å². The number of benzene rings is 2. The molecule has 1 amide bonds. The van der Waals surface area contributed by atoms with Gasteiger partial charge in [0, 0.05) is 24.0 Å². The van der Waals surface area contributed by atoms with Gasteiger partial charge in [0.15, 0.2) is 6.73 Å². The molecule has 0 spiro atoms. The van der Waals surface area contributed by atoms with Crippen molar-refractivity contribution in [3.05, 3.63) is 95.6 Å². The normalized spacial score (nSPS) is 10.7. The number of nitrogens with one attached hydrogen (secondary N) is 1. The summed E-state index contributed by atoms with van der Waals surface area (Å²) < 4.78 is 9.13. The minimum Gasteiger partial charge on any atom is -0.471 e. The maximum absolute atomic E-state index is 12.5. The maximum Gasteiger partial charge on any atom is 0.272 e. The Morgan fingerprint density at radius 2 is 1.67 bits per heavy atom. The van der Waals surface area contributed by atoms with E-state index in [1.165, 1.54) is 0 Å². The highest BCUT2D eigenvalue weighted by Gasteiger charge is 2.15. The largest absolute Gasteiger partial charge is 0.471 e. The van der Waals surface area contributed by atoms with E-state index in [2.05, 4.69) is 15.5 Å². The number of aryl methyl sites for hydroxylation is 1. The summed E-state index contributed by atoms with van der Waals surface area (Å²) in [6.45, 7) is 4.57. The highest BCUT2D eigenvalue weighted by Crippen LogP contribution is 2.17. The molecule has 152 valence electrons. The first-order chi connectivity index (χ1) is 14.6. The Balaban J connectivity index is 1.38. The summed E-state index contributed by atoms with van der Waals surface area (Å²) in [5, 5.41) is 11.9. The van der Waals surface area contributed by atoms with Gasteiger partial charge in [-0.2, -0.15) is 10.2 Å². The molecule has 30 heavy (non-hydrogen) atoms. The van der Waals surface area contributed by atoms with Crippen molar-refractivity contribution >= 4 is 5.91 Å². The predicted molar refractivity (Wildman–Crippen MR) is 114 cm³/mol. The van der Waals surface area contributed by atoms with Crippen LogP contribution in [0, 0.1) is 13.8 Å². The average molecular weight is 401 g/mol. The molecule has 0 aliphatic heterocycles.